The molecule has 12 nitrogen and oxygen atoms in total. The molecule has 2 aromatic rings. The first-order valence-electron chi connectivity index (χ1n) is 14.3. The van der Waals surface area contributed by atoms with Crippen LogP contribution < -0.4 is 5.73 Å². The van der Waals surface area contributed by atoms with Gasteiger partial charge < -0.3 is 25.4 Å². The Kier molecular flexibility index (Phi) is 11.1. The van der Waals surface area contributed by atoms with E-state index in [1.165, 1.54) is 14.2 Å². The number of rotatable bonds is 10. The van der Waals surface area contributed by atoms with Crippen LogP contribution in [0.1, 0.15) is 56.6 Å². The number of aliphatic carboxylic acids is 1. The minimum absolute atomic E-state index is 0.195. The van der Waals surface area contributed by atoms with Crippen molar-refractivity contribution < 1.29 is 34.1 Å². The predicted octanol–water partition coefficient (Wildman–Crippen LogP) is 1.81. The van der Waals surface area contributed by atoms with Gasteiger partial charge in [-0.15, -0.1) is 0 Å². The molecule has 2 aliphatic heterocycles. The predicted molar refractivity (Wildman–Crippen MR) is 154 cm³/mol. The third-order valence-corrected chi connectivity index (χ3v) is 8.42. The summed E-state index contributed by atoms with van der Waals surface area (Å²) >= 11 is 0. The number of carbonyl (C=O) groups is 3. The number of unbranched alkanes of at least 4 members (excludes halogenated alkanes) is 1. The van der Waals surface area contributed by atoms with Crippen LogP contribution in [-0.2, 0) is 23.9 Å². The van der Waals surface area contributed by atoms with Crippen molar-refractivity contribution in [3.05, 3.63) is 60.2 Å². The summed E-state index contributed by atoms with van der Waals surface area (Å²) in [5.41, 5.74) is 2.95. The molecule has 2 aliphatic rings. The average molecular weight is 586 g/mol. The molecule has 6 atom stereocenters. The van der Waals surface area contributed by atoms with Crippen molar-refractivity contribution in [2.45, 2.75) is 57.3 Å². The van der Waals surface area contributed by atoms with E-state index in [0.29, 0.717) is 30.8 Å². The van der Waals surface area contributed by atoms with Gasteiger partial charge in [0, 0.05) is 25.5 Å². The molecular weight excluding hydrogens is 542 g/mol. The molecule has 2 bridgehead atoms. The van der Waals surface area contributed by atoms with Gasteiger partial charge in [0.25, 0.3) is 0 Å². The highest BCUT2D eigenvalue weighted by atomic mass is 16.5. The average Bonchev–Trinajstić information content (AvgIpc) is 3.01. The number of aliphatic hydroxyl groups is 1. The smallest absolute Gasteiger partial charge is 0.320 e. The molecule has 2 fully saturated rings. The fourth-order valence-electron chi connectivity index (χ4n) is 6.85. The number of fused-ring (bicyclic) bond motifs is 2. The topological polar surface area (TPSA) is 168 Å². The van der Waals surface area contributed by atoms with Crippen molar-refractivity contribution in [3.8, 4) is 0 Å². The number of aliphatic hydroxyl groups excluding tert-OH is 1. The first-order valence-corrected chi connectivity index (χ1v) is 14.3. The Labute approximate surface area is 246 Å². The number of likely N-dealkylation sites (tertiary alicyclic amines) is 2. The fraction of sp³-hybridized carbons (Fsp3) is 0.567. The van der Waals surface area contributed by atoms with Crippen LogP contribution in [0.5, 0.6) is 0 Å². The van der Waals surface area contributed by atoms with Gasteiger partial charge in [-0.25, -0.2) is 0 Å². The SMILES string of the molecule is CC.COC(=O)C12CN(C(CCCCN)C(=O)O)CC(C(=O)OC)(C1O)[C@@H](c1ccccn1)N(C)[C@H]2c1ccccn1. The molecule has 4 rings (SSSR count). The third-order valence-electron chi connectivity index (χ3n) is 8.42. The lowest BCUT2D eigenvalue weighted by Gasteiger charge is -2.64. The summed E-state index contributed by atoms with van der Waals surface area (Å²) in [5, 5.41) is 22.7. The van der Waals surface area contributed by atoms with Crippen LogP contribution in [0.4, 0.5) is 0 Å². The van der Waals surface area contributed by atoms with Gasteiger partial charge in [0.15, 0.2) is 0 Å². The third kappa shape index (κ3) is 5.51. The van der Waals surface area contributed by atoms with E-state index >= 15 is 0 Å². The van der Waals surface area contributed by atoms with Gasteiger partial charge in [0.1, 0.15) is 16.9 Å². The number of carbonyl (C=O) groups excluding carboxylic acids is 2. The fourth-order valence-corrected chi connectivity index (χ4v) is 6.85. The lowest BCUT2D eigenvalue weighted by Crippen LogP contribution is -2.78. The van der Waals surface area contributed by atoms with Gasteiger partial charge in [-0.05, 0) is 50.7 Å². The second-order valence-corrected chi connectivity index (χ2v) is 10.5. The Balaban J connectivity index is 0.00000237. The number of hydrogen-bond donors (Lipinski definition) is 3. The maximum Gasteiger partial charge on any atom is 0.320 e. The number of ether oxygens (including phenoxy) is 2. The Morgan fingerprint density at radius 1 is 0.952 bits per heavy atom. The van der Waals surface area contributed by atoms with Crippen molar-refractivity contribution in [2.75, 3.05) is 40.9 Å². The number of aromatic nitrogens is 2. The number of hydrogen-bond acceptors (Lipinski definition) is 11. The Bertz CT molecular complexity index is 1130. The zero-order chi connectivity index (χ0) is 31.1. The maximum atomic E-state index is 13.9. The molecule has 0 amide bonds. The van der Waals surface area contributed by atoms with E-state index in [-0.39, 0.29) is 19.5 Å². The molecule has 4 unspecified atom stereocenters. The van der Waals surface area contributed by atoms with Gasteiger partial charge in [-0.1, -0.05) is 32.4 Å². The Morgan fingerprint density at radius 2 is 1.43 bits per heavy atom. The van der Waals surface area contributed by atoms with Crippen molar-refractivity contribution in [1.82, 2.24) is 19.8 Å². The second kappa shape index (κ2) is 14.1. The molecule has 230 valence electrons. The molecule has 0 radical (unpaired) electrons. The first-order chi connectivity index (χ1) is 20.2. The number of pyridine rings is 2. The molecule has 4 heterocycles. The summed E-state index contributed by atoms with van der Waals surface area (Å²) in [5.74, 6) is -2.68. The molecule has 2 saturated heterocycles. The summed E-state index contributed by atoms with van der Waals surface area (Å²) in [6.45, 7) is 4.01. The number of carboxylic acids is 1. The summed E-state index contributed by atoms with van der Waals surface area (Å²) in [4.78, 5) is 53.0. The summed E-state index contributed by atoms with van der Waals surface area (Å²) in [6.07, 6.45) is 2.88. The van der Waals surface area contributed by atoms with Crippen LogP contribution in [-0.4, -0.2) is 101 Å². The number of nitrogens with zero attached hydrogens (tertiary/aromatic N) is 4. The molecule has 2 aromatic heterocycles. The molecule has 42 heavy (non-hydrogen) atoms. The lowest BCUT2D eigenvalue weighted by molar-refractivity contribution is -0.253. The van der Waals surface area contributed by atoms with Crippen molar-refractivity contribution in [3.63, 3.8) is 0 Å². The number of carboxylic acid groups (broad SMARTS) is 1. The zero-order valence-electron chi connectivity index (χ0n) is 25.0. The summed E-state index contributed by atoms with van der Waals surface area (Å²) in [7, 11) is 4.16. The van der Waals surface area contributed by atoms with Crippen molar-refractivity contribution in [1.29, 1.82) is 0 Å². The van der Waals surface area contributed by atoms with E-state index in [1.807, 2.05) is 18.7 Å². The molecular formula is C30H43N5O7. The molecule has 0 spiro atoms. The Morgan fingerprint density at radius 3 is 1.79 bits per heavy atom. The van der Waals surface area contributed by atoms with E-state index in [2.05, 4.69) is 9.97 Å². The van der Waals surface area contributed by atoms with Crippen LogP contribution in [0.3, 0.4) is 0 Å². The standard InChI is InChI=1S/C28H37N5O7.C2H6/c1-32-21(18-10-5-8-14-30-18)27(25(37)39-2)16-33(20(23(34)35)12-4-7-13-29)17-28(24(27)36,26(38)40-3)22(32)19-11-6-9-15-31-19;1-2/h5-6,8-11,14-15,20-22,24,36H,4,7,12-13,16-17,29H2,1-3H3,(H,34,35);1-2H3/t20?,21-,22+,24?,27?,28?;. The molecule has 0 aliphatic carbocycles. The van der Waals surface area contributed by atoms with Gasteiger partial charge in [-0.3, -0.25) is 34.2 Å². The zero-order valence-corrected chi connectivity index (χ0v) is 25.0. The highest BCUT2D eigenvalue weighted by Gasteiger charge is 2.75. The van der Waals surface area contributed by atoms with E-state index in [4.69, 9.17) is 15.2 Å². The maximum absolute atomic E-state index is 13.9. The normalized spacial score (nSPS) is 28.1. The van der Waals surface area contributed by atoms with Gasteiger partial charge in [-0.2, -0.15) is 0 Å². The summed E-state index contributed by atoms with van der Waals surface area (Å²) in [6, 6.07) is 7.55. The highest BCUT2D eigenvalue weighted by Crippen LogP contribution is 2.62. The number of esters is 2. The second-order valence-electron chi connectivity index (χ2n) is 10.5. The largest absolute Gasteiger partial charge is 0.480 e. The molecule has 4 N–H and O–H groups in total. The van der Waals surface area contributed by atoms with Gasteiger partial charge in [0.05, 0.1) is 43.8 Å². The summed E-state index contributed by atoms with van der Waals surface area (Å²) < 4.78 is 10.6. The monoisotopic (exact) mass is 585 g/mol. The van der Waals surface area contributed by atoms with E-state index in [0.717, 1.165) is 0 Å². The minimum Gasteiger partial charge on any atom is -0.480 e. The van der Waals surface area contributed by atoms with Crippen molar-refractivity contribution in [2.24, 2.45) is 16.6 Å². The highest BCUT2D eigenvalue weighted by molar-refractivity contribution is 5.86. The Hall–Kier alpha value is -3.45. The van der Waals surface area contributed by atoms with Gasteiger partial charge in [0.2, 0.25) is 0 Å². The van der Waals surface area contributed by atoms with Crippen LogP contribution in [0.15, 0.2) is 48.8 Å². The van der Waals surface area contributed by atoms with Crippen LogP contribution in [0, 0.1) is 10.8 Å². The molecule has 0 saturated carbocycles. The van der Waals surface area contributed by atoms with E-state index < -0.39 is 53.0 Å². The van der Waals surface area contributed by atoms with Crippen LogP contribution in [0.25, 0.3) is 0 Å². The molecule has 12 heteroatoms. The van der Waals surface area contributed by atoms with E-state index in [1.54, 1.807) is 60.7 Å². The number of piperidine rings is 2. The first kappa shape index (κ1) is 33.1. The quantitative estimate of drug-likeness (QED) is 0.274. The van der Waals surface area contributed by atoms with E-state index in [9.17, 15) is 24.6 Å². The number of methoxy groups -OCH3 is 2. The lowest BCUT2D eigenvalue weighted by atomic mass is 9.53. The van der Waals surface area contributed by atoms with Crippen LogP contribution in [0.2, 0.25) is 0 Å². The molecule has 0 aromatic carbocycles. The van der Waals surface area contributed by atoms with Crippen LogP contribution >= 0.6 is 0 Å². The van der Waals surface area contributed by atoms with Crippen molar-refractivity contribution >= 4 is 17.9 Å². The van der Waals surface area contributed by atoms with Gasteiger partial charge >= 0.3 is 17.9 Å². The number of nitrogens with two attached hydrogens (primary N) is 1. The minimum atomic E-state index is -1.81.